The topological polar surface area (TPSA) is 26.3 Å². The van der Waals surface area contributed by atoms with Gasteiger partial charge in [0.15, 0.2) is 0 Å². The third-order valence-electron chi connectivity index (χ3n) is 6.00. The summed E-state index contributed by atoms with van der Waals surface area (Å²) in [6, 6.07) is 21.5. The minimum atomic E-state index is -2.48. The zero-order valence-corrected chi connectivity index (χ0v) is 18.1. The van der Waals surface area contributed by atoms with E-state index in [0.717, 1.165) is 12.8 Å². The lowest BCUT2D eigenvalue weighted by molar-refractivity contribution is -0.125. The first-order chi connectivity index (χ1) is 12.8. The normalized spacial score (nSPS) is 21.3. The highest BCUT2D eigenvalue weighted by Gasteiger charge is 2.50. The number of carbonyl (C=O) groups excluding carboxylic acids is 1. The molecular weight excluding hydrogens is 348 g/mol. The fourth-order valence-electron chi connectivity index (χ4n) is 4.38. The summed E-state index contributed by atoms with van der Waals surface area (Å²) < 4.78 is 6.98. The van der Waals surface area contributed by atoms with E-state index in [4.69, 9.17) is 4.43 Å². The van der Waals surface area contributed by atoms with Crippen LogP contribution in [0.15, 0.2) is 60.7 Å². The molecule has 1 aliphatic carbocycles. The van der Waals surface area contributed by atoms with Crippen molar-refractivity contribution < 1.29 is 9.22 Å². The summed E-state index contributed by atoms with van der Waals surface area (Å²) in [4.78, 5) is 12.2. The van der Waals surface area contributed by atoms with Crippen LogP contribution >= 0.6 is 0 Å². The van der Waals surface area contributed by atoms with Gasteiger partial charge in [-0.05, 0) is 34.2 Å². The van der Waals surface area contributed by atoms with Crippen LogP contribution in [0, 0.1) is 11.8 Å². The minimum Gasteiger partial charge on any atom is -0.407 e. The Bertz CT molecular complexity index is 709. The zero-order chi connectivity index (χ0) is 19.5. The van der Waals surface area contributed by atoms with Crippen LogP contribution in [0.5, 0.6) is 0 Å². The van der Waals surface area contributed by atoms with E-state index in [-0.39, 0.29) is 11.0 Å². The van der Waals surface area contributed by atoms with Crippen LogP contribution in [0.25, 0.3) is 0 Å². The van der Waals surface area contributed by atoms with Crippen LogP contribution in [0.3, 0.4) is 0 Å². The lowest BCUT2D eigenvalue weighted by atomic mass is 9.82. The first-order valence-electron chi connectivity index (χ1n) is 10.1. The van der Waals surface area contributed by atoms with Gasteiger partial charge in [-0.25, -0.2) is 0 Å². The van der Waals surface area contributed by atoms with Crippen molar-refractivity contribution in [3.63, 3.8) is 0 Å². The molecular formula is C24H32O2Si. The highest BCUT2D eigenvalue weighted by atomic mass is 28.4. The van der Waals surface area contributed by atoms with Gasteiger partial charge < -0.3 is 4.43 Å². The molecule has 3 rings (SSSR count). The molecule has 3 heteroatoms. The zero-order valence-electron chi connectivity index (χ0n) is 17.1. The summed E-state index contributed by atoms with van der Waals surface area (Å²) in [6.45, 7) is 9.63. The Morgan fingerprint density at radius 1 is 0.926 bits per heavy atom. The number of hydrogen-bond donors (Lipinski definition) is 0. The van der Waals surface area contributed by atoms with Gasteiger partial charge in [0.05, 0.1) is 0 Å². The maximum atomic E-state index is 12.2. The molecule has 1 fully saturated rings. The van der Waals surface area contributed by atoms with Crippen LogP contribution in [0.2, 0.25) is 5.04 Å². The molecule has 1 saturated carbocycles. The van der Waals surface area contributed by atoms with Crippen LogP contribution in [-0.2, 0) is 9.22 Å². The molecule has 1 aliphatic rings. The lowest BCUT2D eigenvalue weighted by Gasteiger charge is -2.44. The second kappa shape index (κ2) is 8.11. The molecule has 0 heterocycles. The van der Waals surface area contributed by atoms with E-state index in [1.807, 2.05) is 0 Å². The van der Waals surface area contributed by atoms with Gasteiger partial charge >= 0.3 is 0 Å². The Morgan fingerprint density at radius 2 is 1.44 bits per heavy atom. The van der Waals surface area contributed by atoms with Crippen molar-refractivity contribution in [2.24, 2.45) is 11.8 Å². The number of carbonyl (C=O) groups is 1. The molecule has 2 aromatic carbocycles. The number of Topliss-reactive ketones (excluding diaryl/α,β-unsaturated/α-hetero) is 1. The Morgan fingerprint density at radius 3 is 1.89 bits per heavy atom. The lowest BCUT2D eigenvalue weighted by Crippen LogP contribution is -2.67. The van der Waals surface area contributed by atoms with Gasteiger partial charge in [-0.2, -0.15) is 0 Å². The molecule has 0 saturated heterocycles. The SMILES string of the molecule is C[C@H]1CCC(CO[Si](c2ccccc2)(c2ccccc2)C(C)(C)C)CC1=O. The van der Waals surface area contributed by atoms with Gasteiger partial charge in [-0.15, -0.1) is 0 Å². The van der Waals surface area contributed by atoms with E-state index in [1.54, 1.807) is 0 Å². The van der Waals surface area contributed by atoms with Gasteiger partial charge in [-0.3, -0.25) is 4.79 Å². The molecule has 0 radical (unpaired) electrons. The van der Waals surface area contributed by atoms with Gasteiger partial charge in [-0.1, -0.05) is 88.4 Å². The third-order valence-corrected chi connectivity index (χ3v) is 11.0. The van der Waals surface area contributed by atoms with Crippen LogP contribution < -0.4 is 10.4 Å². The molecule has 0 bridgehead atoms. The largest absolute Gasteiger partial charge is 0.407 e. The van der Waals surface area contributed by atoms with Crippen LogP contribution in [0.1, 0.15) is 47.0 Å². The van der Waals surface area contributed by atoms with Crippen molar-refractivity contribution in [2.75, 3.05) is 6.61 Å². The standard InChI is InChI=1S/C24H32O2Si/c1-19-15-16-20(17-23(19)25)18-26-27(24(2,3)4,21-11-7-5-8-12-21)22-13-9-6-10-14-22/h5-14,19-20H,15-18H2,1-4H3/t19-,20?/m0/s1. The highest BCUT2D eigenvalue weighted by molar-refractivity contribution is 6.99. The average molecular weight is 381 g/mol. The van der Waals surface area contributed by atoms with Crippen molar-refractivity contribution in [1.29, 1.82) is 0 Å². The molecule has 0 aliphatic heterocycles. The average Bonchev–Trinajstić information content (AvgIpc) is 2.66. The summed E-state index contributed by atoms with van der Waals surface area (Å²) in [7, 11) is -2.48. The quantitative estimate of drug-likeness (QED) is 0.710. The van der Waals surface area contributed by atoms with E-state index < -0.39 is 8.32 Å². The van der Waals surface area contributed by atoms with Crippen molar-refractivity contribution in [1.82, 2.24) is 0 Å². The van der Waals surface area contributed by atoms with E-state index in [2.05, 4.69) is 88.4 Å². The smallest absolute Gasteiger partial charge is 0.261 e. The van der Waals surface area contributed by atoms with E-state index in [0.29, 0.717) is 24.7 Å². The maximum Gasteiger partial charge on any atom is 0.261 e. The van der Waals surface area contributed by atoms with Gasteiger partial charge in [0.1, 0.15) is 5.78 Å². The molecule has 0 N–H and O–H groups in total. The minimum absolute atomic E-state index is 0.0122. The van der Waals surface area contributed by atoms with Gasteiger partial charge in [0.2, 0.25) is 0 Å². The molecule has 144 valence electrons. The fraction of sp³-hybridized carbons (Fsp3) is 0.458. The van der Waals surface area contributed by atoms with Crippen LogP contribution in [0.4, 0.5) is 0 Å². The summed E-state index contributed by atoms with van der Waals surface area (Å²) >= 11 is 0. The molecule has 0 spiro atoms. The Hall–Kier alpha value is -1.71. The molecule has 0 aromatic heterocycles. The first-order valence-corrected chi connectivity index (χ1v) is 12.0. The van der Waals surface area contributed by atoms with Crippen molar-refractivity contribution in [3.8, 4) is 0 Å². The Labute approximate surface area is 165 Å². The molecule has 2 atom stereocenters. The van der Waals surface area contributed by atoms with Crippen molar-refractivity contribution >= 4 is 24.5 Å². The van der Waals surface area contributed by atoms with E-state index >= 15 is 0 Å². The number of ketones is 1. The van der Waals surface area contributed by atoms with Crippen LogP contribution in [-0.4, -0.2) is 20.7 Å². The van der Waals surface area contributed by atoms with Gasteiger partial charge in [0, 0.05) is 18.9 Å². The predicted molar refractivity (Wildman–Crippen MR) is 115 cm³/mol. The summed E-state index contributed by atoms with van der Waals surface area (Å²) in [5, 5.41) is 2.60. The Kier molecular flexibility index (Phi) is 6.02. The maximum absolute atomic E-state index is 12.2. The molecule has 0 amide bonds. The summed E-state index contributed by atoms with van der Waals surface area (Å²) in [5.41, 5.74) is 0. The van der Waals surface area contributed by atoms with E-state index in [9.17, 15) is 4.79 Å². The number of benzene rings is 2. The van der Waals surface area contributed by atoms with Crippen molar-refractivity contribution in [2.45, 2.75) is 52.0 Å². The second-order valence-electron chi connectivity index (χ2n) is 8.99. The summed E-state index contributed by atoms with van der Waals surface area (Å²) in [6.07, 6.45) is 2.75. The highest BCUT2D eigenvalue weighted by Crippen LogP contribution is 2.38. The van der Waals surface area contributed by atoms with Gasteiger partial charge in [0.25, 0.3) is 8.32 Å². The fourth-order valence-corrected chi connectivity index (χ4v) is 9.02. The van der Waals surface area contributed by atoms with Crippen molar-refractivity contribution in [3.05, 3.63) is 60.7 Å². The molecule has 2 nitrogen and oxygen atoms in total. The third kappa shape index (κ3) is 4.09. The second-order valence-corrected chi connectivity index (χ2v) is 13.3. The van der Waals surface area contributed by atoms with E-state index in [1.165, 1.54) is 10.4 Å². The summed E-state index contributed by atoms with van der Waals surface area (Å²) in [5.74, 6) is 0.960. The molecule has 1 unspecified atom stereocenters. The predicted octanol–water partition coefficient (Wildman–Crippen LogP) is 4.57. The first kappa shape index (κ1) is 20.0. The molecule has 2 aromatic rings. The number of hydrogen-bond acceptors (Lipinski definition) is 2. The monoisotopic (exact) mass is 380 g/mol. The Balaban J connectivity index is 1.98. The molecule has 27 heavy (non-hydrogen) atoms. The number of rotatable bonds is 5.